The van der Waals surface area contributed by atoms with Gasteiger partial charge in [0.1, 0.15) is 0 Å². The number of likely N-dealkylation sites (N-methyl/N-ethyl adjacent to an activating group) is 1. The summed E-state index contributed by atoms with van der Waals surface area (Å²) in [6.45, 7) is 6.42. The molecule has 0 aromatic heterocycles. The minimum absolute atomic E-state index is 0.417. The zero-order chi connectivity index (χ0) is 14.8. The van der Waals surface area contributed by atoms with Crippen LogP contribution in [0.2, 0.25) is 0 Å². The van der Waals surface area contributed by atoms with E-state index in [4.69, 9.17) is 0 Å². The van der Waals surface area contributed by atoms with Crippen molar-refractivity contribution in [2.75, 3.05) is 25.0 Å². The van der Waals surface area contributed by atoms with Crippen LogP contribution < -0.4 is 10.2 Å². The second kappa shape index (κ2) is 5.90. The number of aryl methyl sites for hydroxylation is 2. The molecule has 2 aromatic rings. The van der Waals surface area contributed by atoms with Crippen molar-refractivity contribution in [3.8, 4) is 0 Å². The monoisotopic (exact) mass is 280 g/mol. The largest absolute Gasteiger partial charge is 0.372 e. The van der Waals surface area contributed by atoms with Gasteiger partial charge in [-0.15, -0.1) is 0 Å². The van der Waals surface area contributed by atoms with E-state index in [9.17, 15) is 0 Å². The molecule has 2 nitrogen and oxygen atoms in total. The van der Waals surface area contributed by atoms with Crippen LogP contribution in [0, 0.1) is 13.8 Å². The summed E-state index contributed by atoms with van der Waals surface area (Å²) in [5, 5.41) is 3.67. The standard InChI is InChI=1S/C19H24N2/c1-14-8-9-19(15(2)12-14)21(3)13-18-17-7-5-4-6-16(17)10-11-20-18/h4-9,12,18,20H,10-11,13H2,1-3H3. The highest BCUT2D eigenvalue weighted by Crippen LogP contribution is 2.26. The quantitative estimate of drug-likeness (QED) is 0.923. The van der Waals surface area contributed by atoms with Crippen LogP contribution in [0.3, 0.4) is 0 Å². The normalized spacial score (nSPS) is 17.4. The van der Waals surface area contributed by atoms with Gasteiger partial charge in [0, 0.05) is 19.3 Å². The average Bonchev–Trinajstić information content (AvgIpc) is 2.47. The van der Waals surface area contributed by atoms with Crippen LogP contribution in [0.5, 0.6) is 0 Å². The Morgan fingerprint density at radius 1 is 1.14 bits per heavy atom. The van der Waals surface area contributed by atoms with E-state index in [0.29, 0.717) is 6.04 Å². The number of benzene rings is 2. The molecule has 0 spiro atoms. The van der Waals surface area contributed by atoms with Gasteiger partial charge in [-0.2, -0.15) is 0 Å². The van der Waals surface area contributed by atoms with E-state index in [1.54, 1.807) is 0 Å². The summed E-state index contributed by atoms with van der Waals surface area (Å²) in [7, 11) is 2.19. The second-order valence-electron chi connectivity index (χ2n) is 6.13. The zero-order valence-electron chi connectivity index (χ0n) is 13.2. The lowest BCUT2D eigenvalue weighted by Gasteiger charge is -2.32. The molecule has 2 aromatic carbocycles. The minimum Gasteiger partial charge on any atom is -0.372 e. The van der Waals surface area contributed by atoms with E-state index in [2.05, 4.69) is 73.6 Å². The molecule has 0 aliphatic carbocycles. The highest BCUT2D eigenvalue weighted by molar-refractivity contribution is 5.54. The lowest BCUT2D eigenvalue weighted by atomic mass is 9.94. The number of fused-ring (bicyclic) bond motifs is 1. The molecule has 1 aliphatic heterocycles. The predicted octanol–water partition coefficient (Wildman–Crippen LogP) is 3.63. The van der Waals surface area contributed by atoms with Crippen LogP contribution >= 0.6 is 0 Å². The summed E-state index contributed by atoms with van der Waals surface area (Å²) >= 11 is 0. The summed E-state index contributed by atoms with van der Waals surface area (Å²) in [4.78, 5) is 2.37. The fourth-order valence-corrected chi connectivity index (χ4v) is 3.36. The number of rotatable bonds is 3. The Balaban J connectivity index is 1.81. The van der Waals surface area contributed by atoms with Crippen LogP contribution in [0.4, 0.5) is 5.69 Å². The van der Waals surface area contributed by atoms with Crippen LogP contribution in [0.15, 0.2) is 42.5 Å². The SMILES string of the molecule is Cc1ccc(N(C)CC2NCCc3ccccc32)c(C)c1. The van der Waals surface area contributed by atoms with Gasteiger partial charge in [-0.25, -0.2) is 0 Å². The van der Waals surface area contributed by atoms with Crippen molar-refractivity contribution >= 4 is 5.69 Å². The number of anilines is 1. The first-order valence-corrected chi connectivity index (χ1v) is 7.75. The van der Waals surface area contributed by atoms with E-state index in [1.807, 2.05) is 0 Å². The smallest absolute Gasteiger partial charge is 0.0500 e. The Labute approximate surface area is 127 Å². The molecule has 1 atom stereocenters. The number of nitrogens with zero attached hydrogens (tertiary/aromatic N) is 1. The Hall–Kier alpha value is -1.80. The molecule has 0 saturated carbocycles. The molecular weight excluding hydrogens is 256 g/mol. The van der Waals surface area contributed by atoms with E-state index >= 15 is 0 Å². The Bertz CT molecular complexity index is 633. The van der Waals surface area contributed by atoms with Crippen molar-refractivity contribution in [3.05, 3.63) is 64.7 Å². The summed E-state index contributed by atoms with van der Waals surface area (Å²) in [6, 6.07) is 15.9. The van der Waals surface area contributed by atoms with Crippen molar-refractivity contribution in [1.29, 1.82) is 0 Å². The van der Waals surface area contributed by atoms with E-state index in [-0.39, 0.29) is 0 Å². The topological polar surface area (TPSA) is 15.3 Å². The van der Waals surface area contributed by atoms with Gasteiger partial charge in [-0.1, -0.05) is 42.0 Å². The molecule has 0 fully saturated rings. The summed E-state index contributed by atoms with van der Waals surface area (Å²) in [6.07, 6.45) is 1.14. The van der Waals surface area contributed by atoms with Crippen LogP contribution in [0.25, 0.3) is 0 Å². The van der Waals surface area contributed by atoms with Crippen LogP contribution in [0.1, 0.15) is 28.3 Å². The summed E-state index contributed by atoms with van der Waals surface area (Å²) in [5.41, 5.74) is 6.95. The Morgan fingerprint density at radius 3 is 2.76 bits per heavy atom. The molecule has 3 rings (SSSR count). The van der Waals surface area contributed by atoms with Crippen molar-refractivity contribution in [1.82, 2.24) is 5.32 Å². The number of nitrogens with one attached hydrogen (secondary N) is 1. The average molecular weight is 280 g/mol. The lowest BCUT2D eigenvalue weighted by Crippen LogP contribution is -2.37. The number of hydrogen-bond acceptors (Lipinski definition) is 2. The highest BCUT2D eigenvalue weighted by Gasteiger charge is 2.20. The molecule has 0 bridgehead atoms. The fraction of sp³-hybridized carbons (Fsp3) is 0.368. The van der Waals surface area contributed by atoms with Gasteiger partial charge in [0.05, 0.1) is 6.04 Å². The molecular formula is C19H24N2. The summed E-state index contributed by atoms with van der Waals surface area (Å²) in [5.74, 6) is 0. The van der Waals surface area contributed by atoms with Crippen molar-refractivity contribution in [2.24, 2.45) is 0 Å². The number of hydrogen-bond donors (Lipinski definition) is 1. The van der Waals surface area contributed by atoms with Crippen molar-refractivity contribution < 1.29 is 0 Å². The van der Waals surface area contributed by atoms with Gasteiger partial charge in [0.2, 0.25) is 0 Å². The molecule has 1 heterocycles. The van der Waals surface area contributed by atoms with Gasteiger partial charge >= 0.3 is 0 Å². The third-order valence-corrected chi connectivity index (χ3v) is 4.44. The minimum atomic E-state index is 0.417. The fourth-order valence-electron chi connectivity index (χ4n) is 3.36. The first kappa shape index (κ1) is 14.2. The first-order chi connectivity index (χ1) is 10.1. The molecule has 21 heavy (non-hydrogen) atoms. The Kier molecular flexibility index (Phi) is 3.98. The van der Waals surface area contributed by atoms with E-state index < -0.39 is 0 Å². The predicted molar refractivity (Wildman–Crippen MR) is 90.1 cm³/mol. The van der Waals surface area contributed by atoms with Gasteiger partial charge < -0.3 is 10.2 Å². The molecule has 0 saturated heterocycles. The first-order valence-electron chi connectivity index (χ1n) is 7.75. The molecule has 0 amide bonds. The third kappa shape index (κ3) is 2.96. The second-order valence-corrected chi connectivity index (χ2v) is 6.13. The molecule has 0 radical (unpaired) electrons. The molecule has 1 N–H and O–H groups in total. The third-order valence-electron chi connectivity index (χ3n) is 4.44. The van der Waals surface area contributed by atoms with E-state index in [0.717, 1.165) is 19.5 Å². The van der Waals surface area contributed by atoms with Crippen LogP contribution in [-0.2, 0) is 6.42 Å². The highest BCUT2D eigenvalue weighted by atomic mass is 15.1. The molecule has 1 unspecified atom stereocenters. The maximum absolute atomic E-state index is 3.67. The van der Waals surface area contributed by atoms with Gasteiger partial charge in [0.15, 0.2) is 0 Å². The van der Waals surface area contributed by atoms with Crippen LogP contribution in [-0.4, -0.2) is 20.1 Å². The molecule has 2 heteroatoms. The summed E-state index contributed by atoms with van der Waals surface area (Å²) < 4.78 is 0. The van der Waals surface area contributed by atoms with Crippen molar-refractivity contribution in [3.63, 3.8) is 0 Å². The molecule has 1 aliphatic rings. The zero-order valence-corrected chi connectivity index (χ0v) is 13.2. The van der Waals surface area contributed by atoms with E-state index in [1.165, 1.54) is 27.9 Å². The molecule has 110 valence electrons. The van der Waals surface area contributed by atoms with Gasteiger partial charge in [-0.3, -0.25) is 0 Å². The Morgan fingerprint density at radius 2 is 1.95 bits per heavy atom. The van der Waals surface area contributed by atoms with Crippen molar-refractivity contribution in [2.45, 2.75) is 26.3 Å². The maximum Gasteiger partial charge on any atom is 0.0500 e. The van der Waals surface area contributed by atoms with Gasteiger partial charge in [-0.05, 0) is 49.6 Å². The lowest BCUT2D eigenvalue weighted by molar-refractivity contribution is 0.504. The maximum atomic E-state index is 3.67. The van der Waals surface area contributed by atoms with Gasteiger partial charge in [0.25, 0.3) is 0 Å².